The highest BCUT2D eigenvalue weighted by Crippen LogP contribution is 2.19. The number of rotatable bonds is 4. The predicted octanol–water partition coefficient (Wildman–Crippen LogP) is 3.24. The summed E-state index contributed by atoms with van der Waals surface area (Å²) in [4.78, 5) is 11.9. The number of carbonyl (C=O) groups excluding carboxylic acids is 1. The molecule has 0 saturated carbocycles. The third-order valence-electron chi connectivity index (χ3n) is 2.75. The van der Waals surface area contributed by atoms with Gasteiger partial charge in [-0.3, -0.25) is 4.79 Å². The van der Waals surface area contributed by atoms with E-state index in [-0.39, 0.29) is 12.4 Å². The van der Waals surface area contributed by atoms with Crippen molar-refractivity contribution in [1.29, 1.82) is 0 Å². The van der Waals surface area contributed by atoms with Crippen LogP contribution in [0.1, 0.15) is 21.5 Å². The lowest BCUT2D eigenvalue weighted by atomic mass is 10.1. The average Bonchev–Trinajstić information content (AvgIpc) is 2.46. The van der Waals surface area contributed by atoms with Crippen LogP contribution < -0.4 is 4.74 Å². The fraction of sp³-hybridized carbons (Fsp3) is 0.118. The molecule has 0 aliphatic heterocycles. The fourth-order valence-electron chi connectivity index (χ4n) is 1.72. The van der Waals surface area contributed by atoms with Crippen LogP contribution in [0.4, 0.5) is 0 Å². The van der Waals surface area contributed by atoms with Crippen molar-refractivity contribution in [2.75, 3.05) is 6.61 Å². The Bertz CT molecular complexity index is 621. The highest BCUT2D eigenvalue weighted by Gasteiger charge is 2.08. The second kappa shape index (κ2) is 5.88. The van der Waals surface area contributed by atoms with Gasteiger partial charge in [0.25, 0.3) is 0 Å². The van der Waals surface area contributed by atoms with Gasteiger partial charge in [-0.25, -0.2) is 0 Å². The molecule has 2 aromatic rings. The maximum atomic E-state index is 11.9. The summed E-state index contributed by atoms with van der Waals surface area (Å²) in [6, 6.07) is 14.6. The van der Waals surface area contributed by atoms with Crippen LogP contribution in [-0.2, 0) is 0 Å². The topological polar surface area (TPSA) is 26.3 Å². The molecule has 0 radical (unpaired) electrons. The summed E-state index contributed by atoms with van der Waals surface area (Å²) in [6.45, 7) is 1.94. The van der Waals surface area contributed by atoms with Crippen LogP contribution in [0.5, 0.6) is 5.75 Å². The molecule has 0 N–H and O–H groups in total. The Morgan fingerprint density at radius 3 is 2.63 bits per heavy atom. The lowest BCUT2D eigenvalue weighted by Crippen LogP contribution is -2.12. The number of Topliss-reactive ketones (excluding diaryl/α,β-unsaturated/α-hetero) is 1. The van der Waals surface area contributed by atoms with Crippen molar-refractivity contribution in [3.05, 3.63) is 65.2 Å². The first-order valence-electron chi connectivity index (χ1n) is 5.99. The van der Waals surface area contributed by atoms with Crippen molar-refractivity contribution in [3.8, 4) is 18.1 Å². The largest absolute Gasteiger partial charge is 0.484 e. The second-order valence-electron chi connectivity index (χ2n) is 4.22. The van der Waals surface area contributed by atoms with Crippen molar-refractivity contribution >= 4 is 5.78 Å². The number of hydrogen-bond acceptors (Lipinski definition) is 2. The number of hydrogen-bond donors (Lipinski definition) is 0. The third-order valence-corrected chi connectivity index (χ3v) is 2.75. The molecule has 0 aliphatic rings. The molecular weight excluding hydrogens is 236 g/mol. The standard InChI is InChI=1S/C17H14O2/c1-3-14-10-9-13(2)11-17(14)19-12-16(18)15-7-5-4-6-8-15/h1,4-11H,12H2,2H3. The van der Waals surface area contributed by atoms with Gasteiger partial charge in [0.1, 0.15) is 5.75 Å². The SMILES string of the molecule is C#Cc1ccc(C)cc1OCC(=O)c1ccccc1. The highest BCUT2D eigenvalue weighted by molar-refractivity contribution is 5.97. The fourth-order valence-corrected chi connectivity index (χ4v) is 1.72. The van der Waals surface area contributed by atoms with E-state index in [0.29, 0.717) is 16.9 Å². The molecule has 94 valence electrons. The first-order valence-corrected chi connectivity index (χ1v) is 5.99. The van der Waals surface area contributed by atoms with Gasteiger partial charge in [-0.15, -0.1) is 6.42 Å². The summed E-state index contributed by atoms with van der Waals surface area (Å²) in [6.07, 6.45) is 5.40. The minimum Gasteiger partial charge on any atom is -0.484 e. The van der Waals surface area contributed by atoms with Crippen molar-refractivity contribution in [1.82, 2.24) is 0 Å². The van der Waals surface area contributed by atoms with Crippen LogP contribution in [0, 0.1) is 19.3 Å². The summed E-state index contributed by atoms with van der Waals surface area (Å²) >= 11 is 0. The van der Waals surface area contributed by atoms with Gasteiger partial charge in [0.15, 0.2) is 12.4 Å². The molecule has 0 bridgehead atoms. The van der Waals surface area contributed by atoms with Gasteiger partial charge < -0.3 is 4.74 Å². The van der Waals surface area contributed by atoms with Gasteiger partial charge in [0, 0.05) is 5.56 Å². The van der Waals surface area contributed by atoms with E-state index in [4.69, 9.17) is 11.2 Å². The summed E-state index contributed by atoms with van der Waals surface area (Å²) in [7, 11) is 0. The molecule has 0 saturated heterocycles. The minimum absolute atomic E-state index is 0.0118. The van der Waals surface area contributed by atoms with E-state index in [1.54, 1.807) is 12.1 Å². The average molecular weight is 250 g/mol. The zero-order valence-electron chi connectivity index (χ0n) is 10.7. The number of ether oxygens (including phenoxy) is 1. The summed E-state index contributed by atoms with van der Waals surface area (Å²) in [5.41, 5.74) is 2.34. The molecule has 2 rings (SSSR count). The van der Waals surface area contributed by atoms with Crippen LogP contribution in [0.2, 0.25) is 0 Å². The van der Waals surface area contributed by atoms with Crippen LogP contribution in [0.3, 0.4) is 0 Å². The van der Waals surface area contributed by atoms with Crippen LogP contribution in [0.25, 0.3) is 0 Å². The number of ketones is 1. The maximum absolute atomic E-state index is 11.9. The van der Waals surface area contributed by atoms with E-state index in [1.807, 2.05) is 43.3 Å². The summed E-state index contributed by atoms with van der Waals surface area (Å²) < 4.78 is 5.53. The number of benzene rings is 2. The number of aryl methyl sites for hydroxylation is 1. The van der Waals surface area contributed by atoms with Crippen molar-refractivity contribution in [2.24, 2.45) is 0 Å². The lowest BCUT2D eigenvalue weighted by Gasteiger charge is -2.08. The van der Waals surface area contributed by atoms with Gasteiger partial charge in [0.05, 0.1) is 5.56 Å². The molecule has 0 heterocycles. The summed E-state index contributed by atoms with van der Waals surface area (Å²) in [5.74, 6) is 3.06. The molecule has 2 nitrogen and oxygen atoms in total. The van der Waals surface area contributed by atoms with Gasteiger partial charge in [-0.2, -0.15) is 0 Å². The molecule has 0 spiro atoms. The summed E-state index contributed by atoms with van der Waals surface area (Å²) in [5, 5.41) is 0. The van der Waals surface area contributed by atoms with Crippen LogP contribution in [-0.4, -0.2) is 12.4 Å². The lowest BCUT2D eigenvalue weighted by molar-refractivity contribution is 0.0921. The first-order chi connectivity index (χ1) is 9.20. The molecule has 2 aromatic carbocycles. The van der Waals surface area contributed by atoms with E-state index in [0.717, 1.165) is 5.56 Å². The van der Waals surface area contributed by atoms with Gasteiger partial charge >= 0.3 is 0 Å². The molecule has 0 unspecified atom stereocenters. The minimum atomic E-state index is -0.0647. The van der Waals surface area contributed by atoms with Gasteiger partial charge in [-0.1, -0.05) is 42.3 Å². The first kappa shape index (κ1) is 12.9. The van der Waals surface area contributed by atoms with Crippen molar-refractivity contribution in [3.63, 3.8) is 0 Å². The molecule has 0 aromatic heterocycles. The highest BCUT2D eigenvalue weighted by atomic mass is 16.5. The van der Waals surface area contributed by atoms with E-state index < -0.39 is 0 Å². The number of terminal acetylenes is 1. The Kier molecular flexibility index (Phi) is 4.00. The Labute approximate surface area is 113 Å². The van der Waals surface area contributed by atoms with E-state index in [2.05, 4.69) is 5.92 Å². The molecule has 2 heteroatoms. The molecule has 0 amide bonds. The smallest absolute Gasteiger partial charge is 0.200 e. The van der Waals surface area contributed by atoms with E-state index in [9.17, 15) is 4.79 Å². The Morgan fingerprint density at radius 2 is 1.95 bits per heavy atom. The van der Waals surface area contributed by atoms with Crippen molar-refractivity contribution in [2.45, 2.75) is 6.92 Å². The Balaban J connectivity index is 2.09. The maximum Gasteiger partial charge on any atom is 0.200 e. The van der Waals surface area contributed by atoms with Gasteiger partial charge in [0.2, 0.25) is 0 Å². The Hall–Kier alpha value is -2.53. The zero-order chi connectivity index (χ0) is 13.7. The van der Waals surface area contributed by atoms with Gasteiger partial charge in [-0.05, 0) is 24.6 Å². The Morgan fingerprint density at radius 1 is 1.21 bits per heavy atom. The molecule has 0 aliphatic carbocycles. The van der Waals surface area contributed by atoms with E-state index >= 15 is 0 Å². The second-order valence-corrected chi connectivity index (χ2v) is 4.22. The predicted molar refractivity (Wildman–Crippen MR) is 75.4 cm³/mol. The quantitative estimate of drug-likeness (QED) is 0.615. The van der Waals surface area contributed by atoms with Crippen LogP contribution >= 0.6 is 0 Å². The molecule has 19 heavy (non-hydrogen) atoms. The normalized spacial score (nSPS) is 9.68. The molecular formula is C17H14O2. The monoisotopic (exact) mass is 250 g/mol. The molecule has 0 fully saturated rings. The molecule has 0 atom stereocenters. The van der Waals surface area contributed by atoms with Crippen LogP contribution in [0.15, 0.2) is 48.5 Å². The zero-order valence-corrected chi connectivity index (χ0v) is 10.7. The van der Waals surface area contributed by atoms with E-state index in [1.165, 1.54) is 0 Å². The number of carbonyl (C=O) groups is 1. The third kappa shape index (κ3) is 3.23. The van der Waals surface area contributed by atoms with Crippen molar-refractivity contribution < 1.29 is 9.53 Å².